The van der Waals surface area contributed by atoms with Crippen LogP contribution < -0.4 is 10.5 Å². The SMILES string of the molecule is CCCn1cc(S(=O)(=O)NCC(C)(O)CSC)c(N)n1. The fourth-order valence-electron chi connectivity index (χ4n) is 1.66. The van der Waals surface area contributed by atoms with Crippen molar-refractivity contribution in [2.75, 3.05) is 24.3 Å². The Balaban J connectivity index is 2.83. The van der Waals surface area contributed by atoms with Gasteiger partial charge in [-0.15, -0.1) is 0 Å². The highest BCUT2D eigenvalue weighted by Gasteiger charge is 2.26. The number of sulfonamides is 1. The van der Waals surface area contributed by atoms with E-state index in [9.17, 15) is 13.5 Å². The molecule has 116 valence electrons. The Bertz CT molecular complexity index is 540. The zero-order chi connectivity index (χ0) is 15.4. The third kappa shape index (κ3) is 4.65. The van der Waals surface area contributed by atoms with Crippen molar-refractivity contribution >= 4 is 27.6 Å². The third-order valence-corrected chi connectivity index (χ3v) is 4.92. The van der Waals surface area contributed by atoms with Crippen LogP contribution in [-0.4, -0.2) is 47.5 Å². The van der Waals surface area contributed by atoms with Gasteiger partial charge < -0.3 is 10.8 Å². The summed E-state index contributed by atoms with van der Waals surface area (Å²) >= 11 is 1.44. The molecule has 1 aromatic heterocycles. The number of nitrogens with zero attached hydrogens (tertiary/aromatic N) is 2. The summed E-state index contributed by atoms with van der Waals surface area (Å²) < 4.78 is 28.2. The van der Waals surface area contributed by atoms with Crippen LogP contribution in [0.3, 0.4) is 0 Å². The highest BCUT2D eigenvalue weighted by molar-refractivity contribution is 7.98. The van der Waals surface area contributed by atoms with E-state index in [0.717, 1.165) is 6.42 Å². The van der Waals surface area contributed by atoms with Crippen LogP contribution in [0.1, 0.15) is 20.3 Å². The number of thioether (sulfide) groups is 1. The molecule has 0 aliphatic carbocycles. The second-order valence-electron chi connectivity index (χ2n) is 4.90. The van der Waals surface area contributed by atoms with Crippen molar-refractivity contribution in [2.45, 2.75) is 37.3 Å². The number of rotatable bonds is 8. The second-order valence-corrected chi connectivity index (χ2v) is 7.50. The molecule has 0 aromatic carbocycles. The van der Waals surface area contributed by atoms with Crippen molar-refractivity contribution in [1.82, 2.24) is 14.5 Å². The van der Waals surface area contributed by atoms with Gasteiger partial charge in [0.2, 0.25) is 10.0 Å². The fourth-order valence-corrected chi connectivity index (χ4v) is 3.62. The number of aryl methyl sites for hydroxylation is 1. The topological polar surface area (TPSA) is 110 Å². The molecule has 0 aliphatic heterocycles. The molecule has 0 aliphatic rings. The average molecular weight is 322 g/mol. The summed E-state index contributed by atoms with van der Waals surface area (Å²) in [5.41, 5.74) is 4.53. The number of nitrogens with one attached hydrogen (secondary N) is 1. The Hall–Kier alpha value is -0.770. The van der Waals surface area contributed by atoms with Crippen LogP contribution in [0, 0.1) is 0 Å². The molecule has 0 saturated heterocycles. The average Bonchev–Trinajstić information content (AvgIpc) is 2.69. The van der Waals surface area contributed by atoms with Crippen molar-refractivity contribution in [3.05, 3.63) is 6.20 Å². The Morgan fingerprint density at radius 1 is 1.60 bits per heavy atom. The molecule has 1 aromatic rings. The molecule has 1 rings (SSSR count). The molecule has 0 amide bonds. The molecule has 7 nitrogen and oxygen atoms in total. The minimum atomic E-state index is -3.77. The summed E-state index contributed by atoms with van der Waals surface area (Å²) in [5, 5.41) is 13.9. The molecule has 0 spiro atoms. The van der Waals surface area contributed by atoms with E-state index >= 15 is 0 Å². The van der Waals surface area contributed by atoms with Crippen LogP contribution in [-0.2, 0) is 16.6 Å². The predicted molar refractivity (Wildman–Crippen MR) is 81.1 cm³/mol. The molecule has 9 heteroatoms. The van der Waals surface area contributed by atoms with E-state index in [1.54, 1.807) is 6.92 Å². The molecule has 1 unspecified atom stereocenters. The summed E-state index contributed by atoms with van der Waals surface area (Å²) in [5.74, 6) is 0.399. The summed E-state index contributed by atoms with van der Waals surface area (Å²) in [6, 6.07) is 0. The standard InChI is InChI=1S/C11H22N4O3S2/c1-4-5-15-6-9(10(12)14-15)20(17,18)13-7-11(2,16)8-19-3/h6,13,16H,4-5,7-8H2,1-3H3,(H2,12,14). The van der Waals surface area contributed by atoms with Gasteiger partial charge in [-0.25, -0.2) is 13.1 Å². The minimum Gasteiger partial charge on any atom is -0.388 e. The van der Waals surface area contributed by atoms with Crippen LogP contribution in [0.2, 0.25) is 0 Å². The van der Waals surface area contributed by atoms with Crippen LogP contribution >= 0.6 is 11.8 Å². The lowest BCUT2D eigenvalue weighted by Crippen LogP contribution is -2.42. The van der Waals surface area contributed by atoms with Gasteiger partial charge in [0.25, 0.3) is 0 Å². The first-order valence-corrected chi connectivity index (χ1v) is 9.13. The summed E-state index contributed by atoms with van der Waals surface area (Å²) in [6.45, 7) is 4.07. The van der Waals surface area contributed by atoms with Crippen molar-refractivity contribution in [3.8, 4) is 0 Å². The number of anilines is 1. The van der Waals surface area contributed by atoms with E-state index in [0.29, 0.717) is 12.3 Å². The van der Waals surface area contributed by atoms with E-state index in [2.05, 4.69) is 9.82 Å². The maximum atomic E-state index is 12.2. The number of hydrogen-bond donors (Lipinski definition) is 3. The third-order valence-electron chi connectivity index (χ3n) is 2.60. The van der Waals surface area contributed by atoms with Crippen LogP contribution in [0.4, 0.5) is 5.82 Å². The number of nitrogen functional groups attached to an aromatic ring is 1. The first kappa shape index (κ1) is 17.3. The van der Waals surface area contributed by atoms with Crippen molar-refractivity contribution in [1.29, 1.82) is 0 Å². The summed E-state index contributed by atoms with van der Waals surface area (Å²) in [4.78, 5) is -0.0501. The molecule has 0 saturated carbocycles. The summed E-state index contributed by atoms with van der Waals surface area (Å²) in [7, 11) is -3.77. The molecule has 0 radical (unpaired) electrons. The van der Waals surface area contributed by atoms with Crippen molar-refractivity contribution in [3.63, 3.8) is 0 Å². The number of aliphatic hydroxyl groups is 1. The van der Waals surface area contributed by atoms with Gasteiger partial charge in [0, 0.05) is 25.0 Å². The molecule has 0 fully saturated rings. The Morgan fingerprint density at radius 2 is 2.25 bits per heavy atom. The van der Waals surface area contributed by atoms with Gasteiger partial charge in [-0.2, -0.15) is 16.9 Å². The van der Waals surface area contributed by atoms with Gasteiger partial charge >= 0.3 is 0 Å². The van der Waals surface area contributed by atoms with Crippen LogP contribution in [0.15, 0.2) is 11.1 Å². The molecule has 4 N–H and O–H groups in total. The smallest absolute Gasteiger partial charge is 0.245 e. The molecular formula is C11H22N4O3S2. The predicted octanol–water partition coefficient (Wildman–Crippen LogP) is 0.268. The van der Waals surface area contributed by atoms with Gasteiger partial charge in [0.15, 0.2) is 5.82 Å². The first-order chi connectivity index (χ1) is 9.22. The molecule has 0 bridgehead atoms. The number of aromatic nitrogens is 2. The Labute approximate surface area is 124 Å². The van der Waals surface area contributed by atoms with Gasteiger partial charge in [-0.05, 0) is 19.6 Å². The maximum Gasteiger partial charge on any atom is 0.245 e. The highest BCUT2D eigenvalue weighted by Crippen LogP contribution is 2.17. The second kappa shape index (κ2) is 6.79. The number of nitrogens with two attached hydrogens (primary N) is 1. The quantitative estimate of drug-likeness (QED) is 0.633. The zero-order valence-corrected chi connectivity index (χ0v) is 13.6. The Morgan fingerprint density at radius 3 is 2.80 bits per heavy atom. The van der Waals surface area contributed by atoms with E-state index in [1.165, 1.54) is 22.6 Å². The van der Waals surface area contributed by atoms with E-state index in [-0.39, 0.29) is 17.3 Å². The van der Waals surface area contributed by atoms with Gasteiger partial charge in [-0.3, -0.25) is 4.68 Å². The first-order valence-electron chi connectivity index (χ1n) is 6.26. The normalized spacial score (nSPS) is 15.2. The van der Waals surface area contributed by atoms with Crippen LogP contribution in [0.5, 0.6) is 0 Å². The van der Waals surface area contributed by atoms with Gasteiger partial charge in [-0.1, -0.05) is 6.92 Å². The van der Waals surface area contributed by atoms with E-state index < -0.39 is 15.6 Å². The van der Waals surface area contributed by atoms with Gasteiger partial charge in [0.1, 0.15) is 4.90 Å². The minimum absolute atomic E-state index is 0.0320. The lowest BCUT2D eigenvalue weighted by molar-refractivity contribution is 0.0908. The highest BCUT2D eigenvalue weighted by atomic mass is 32.2. The van der Waals surface area contributed by atoms with Crippen molar-refractivity contribution in [2.24, 2.45) is 0 Å². The fraction of sp³-hybridized carbons (Fsp3) is 0.727. The molecule has 1 heterocycles. The molecular weight excluding hydrogens is 300 g/mol. The van der Waals surface area contributed by atoms with Gasteiger partial charge in [0.05, 0.1) is 5.60 Å². The zero-order valence-electron chi connectivity index (χ0n) is 12.0. The maximum absolute atomic E-state index is 12.2. The van der Waals surface area contributed by atoms with Crippen molar-refractivity contribution < 1.29 is 13.5 Å². The van der Waals surface area contributed by atoms with E-state index in [4.69, 9.17) is 5.73 Å². The lowest BCUT2D eigenvalue weighted by atomic mass is 10.1. The molecule has 1 atom stereocenters. The molecule has 20 heavy (non-hydrogen) atoms. The largest absolute Gasteiger partial charge is 0.388 e. The van der Waals surface area contributed by atoms with E-state index in [1.807, 2.05) is 13.2 Å². The monoisotopic (exact) mass is 322 g/mol. The Kier molecular flexibility index (Phi) is 5.87. The number of hydrogen-bond acceptors (Lipinski definition) is 6. The summed E-state index contributed by atoms with van der Waals surface area (Å²) in [6.07, 6.45) is 4.08. The van der Waals surface area contributed by atoms with Crippen LogP contribution in [0.25, 0.3) is 0 Å². The lowest BCUT2D eigenvalue weighted by Gasteiger charge is -2.22.